The molecular weight excluding hydrogens is 684 g/mol. The Bertz CT molecular complexity index is 953. The van der Waals surface area contributed by atoms with Gasteiger partial charge in [0.05, 0.1) is 13.2 Å². The molecule has 0 bridgehead atoms. The smallest absolute Gasteiger partial charge is 0.330 e. The van der Waals surface area contributed by atoms with Crippen LogP contribution in [0.2, 0.25) is 0 Å². The van der Waals surface area contributed by atoms with Gasteiger partial charge in [-0.15, -0.1) is 0 Å². The number of hydrogen-bond acceptors (Lipinski definition) is 7. The average Bonchev–Trinajstić information content (AvgIpc) is 3.13. The molecule has 9 heteroatoms. The van der Waals surface area contributed by atoms with Crippen molar-refractivity contribution in [1.82, 2.24) is 0 Å². The molecule has 9 nitrogen and oxygen atoms in total. The first-order valence-corrected chi connectivity index (χ1v) is 20.6. The predicted molar refractivity (Wildman–Crippen MR) is 225 cm³/mol. The summed E-state index contributed by atoms with van der Waals surface area (Å²) >= 11 is 0. The number of rotatable bonds is 32. The van der Waals surface area contributed by atoms with Gasteiger partial charge in [-0.1, -0.05) is 170 Å². The van der Waals surface area contributed by atoms with Crippen LogP contribution in [0.5, 0.6) is 0 Å². The van der Waals surface area contributed by atoms with Gasteiger partial charge in [0.25, 0.3) is 0 Å². The number of carbonyl (C=O) groups is 4. The van der Waals surface area contributed by atoms with Crippen LogP contribution in [0.1, 0.15) is 176 Å². The van der Waals surface area contributed by atoms with Crippen LogP contribution in [0, 0.1) is 11.8 Å². The van der Waals surface area contributed by atoms with E-state index in [1.807, 2.05) is 0 Å². The highest BCUT2D eigenvalue weighted by atomic mass is 16.6. The molecule has 0 saturated carbocycles. The number of unbranched alkanes of at least 4 members (excludes halogenated alkanes) is 15. The van der Waals surface area contributed by atoms with Crippen molar-refractivity contribution in [2.45, 2.75) is 176 Å². The fourth-order valence-corrected chi connectivity index (χ4v) is 4.81. The van der Waals surface area contributed by atoms with Crippen molar-refractivity contribution in [2.24, 2.45) is 11.8 Å². The molecule has 0 atom stereocenters. The molecular formula is C45H82O9. The van der Waals surface area contributed by atoms with Crippen molar-refractivity contribution in [3.63, 3.8) is 0 Å². The highest BCUT2D eigenvalue weighted by molar-refractivity contribution is 5.86. The maximum atomic E-state index is 10.7. The topological polar surface area (TPSA) is 136 Å². The lowest BCUT2D eigenvalue weighted by molar-refractivity contribution is -0.139. The van der Waals surface area contributed by atoms with Gasteiger partial charge in [0, 0.05) is 30.4 Å². The normalized spacial score (nSPS) is 10.1. The summed E-state index contributed by atoms with van der Waals surface area (Å²) < 4.78 is 14.1. The third kappa shape index (κ3) is 55.6. The monoisotopic (exact) mass is 767 g/mol. The van der Waals surface area contributed by atoms with Crippen molar-refractivity contribution in [3.8, 4) is 0 Å². The highest BCUT2D eigenvalue weighted by Crippen LogP contribution is 2.14. The molecule has 0 fully saturated rings. The quantitative estimate of drug-likeness (QED) is 0.0389. The molecule has 0 aromatic rings. The van der Waals surface area contributed by atoms with Gasteiger partial charge in [-0.2, -0.15) is 0 Å². The second kappa shape index (κ2) is 46.0. The van der Waals surface area contributed by atoms with Crippen LogP contribution >= 0.6 is 0 Å². The maximum Gasteiger partial charge on any atom is 0.330 e. The number of carbonyl (C=O) groups excluding carboxylic acids is 2. The van der Waals surface area contributed by atoms with Gasteiger partial charge in [-0.05, 0) is 43.9 Å². The lowest BCUT2D eigenvalue weighted by atomic mass is 10.0. The van der Waals surface area contributed by atoms with E-state index in [1.165, 1.54) is 96.0 Å². The molecule has 0 saturated heterocycles. The highest BCUT2D eigenvalue weighted by Gasteiger charge is 2.04. The van der Waals surface area contributed by atoms with Crippen LogP contribution in [0.15, 0.2) is 49.6 Å². The van der Waals surface area contributed by atoms with E-state index in [-0.39, 0.29) is 5.97 Å². The molecule has 0 aromatic heterocycles. The van der Waals surface area contributed by atoms with Gasteiger partial charge in [-0.25, -0.2) is 19.2 Å². The Balaban J connectivity index is -0.000000315. The third-order valence-electron chi connectivity index (χ3n) is 8.23. The van der Waals surface area contributed by atoms with Crippen molar-refractivity contribution in [2.75, 3.05) is 26.9 Å². The molecule has 2 N–H and O–H groups in total. The Hall–Kier alpha value is -3.20. The molecule has 0 spiro atoms. The Morgan fingerprint density at radius 1 is 0.519 bits per heavy atom. The van der Waals surface area contributed by atoms with E-state index in [0.717, 1.165) is 56.4 Å². The summed E-state index contributed by atoms with van der Waals surface area (Å²) in [5.74, 6) is -0.854. The van der Waals surface area contributed by atoms with E-state index in [9.17, 15) is 19.2 Å². The molecule has 0 unspecified atom stereocenters. The summed E-state index contributed by atoms with van der Waals surface area (Å²) in [6.07, 6.45) is 28.2. The Morgan fingerprint density at radius 2 is 0.852 bits per heavy atom. The zero-order valence-corrected chi connectivity index (χ0v) is 35.6. The first-order chi connectivity index (χ1) is 25.7. The molecule has 0 aromatic carbocycles. The summed E-state index contributed by atoms with van der Waals surface area (Å²) in [5, 5.41) is 17.2. The lowest BCUT2D eigenvalue weighted by Gasteiger charge is -2.04. The Labute approximate surface area is 331 Å². The average molecular weight is 767 g/mol. The number of esters is 2. The number of methoxy groups -OCH3 is 1. The number of hydrogen-bond donors (Lipinski definition) is 2. The minimum Gasteiger partial charge on any atom is -0.478 e. The van der Waals surface area contributed by atoms with Crippen LogP contribution in [-0.4, -0.2) is 61.0 Å². The van der Waals surface area contributed by atoms with Crippen LogP contribution in [0.3, 0.4) is 0 Å². The van der Waals surface area contributed by atoms with E-state index < -0.39 is 17.9 Å². The van der Waals surface area contributed by atoms with Gasteiger partial charge in [-0.3, -0.25) is 0 Å². The summed E-state index contributed by atoms with van der Waals surface area (Å²) in [7, 11) is 1.54. The van der Waals surface area contributed by atoms with Gasteiger partial charge >= 0.3 is 23.9 Å². The van der Waals surface area contributed by atoms with E-state index >= 15 is 0 Å². The fraction of sp³-hybridized carbons (Fsp3) is 0.733. The number of ether oxygens (including phenoxy) is 3. The van der Waals surface area contributed by atoms with E-state index in [1.54, 1.807) is 7.11 Å². The van der Waals surface area contributed by atoms with E-state index in [2.05, 4.69) is 70.4 Å². The van der Waals surface area contributed by atoms with Crippen LogP contribution in [0.4, 0.5) is 0 Å². The zero-order valence-electron chi connectivity index (χ0n) is 35.6. The van der Waals surface area contributed by atoms with Gasteiger partial charge in [0.15, 0.2) is 0 Å². The second-order valence-corrected chi connectivity index (χ2v) is 14.4. The molecule has 0 aliphatic heterocycles. The van der Waals surface area contributed by atoms with Crippen LogP contribution < -0.4 is 0 Å². The standard InChI is InChI=1S/C15H28O2.C13H24O2.C11H20O2.C6H10O3/c1-3-4-5-6-7-8-9-10-11-12-13-14(2)15(16)17;1-4-13(14)15-11-9-7-5-6-8-10-12(2)3;1-9(2)7-5-4-6-8-10(3)11(12)13;1-3-6(7)9-5-4-8-2/h2-13H2,1H3,(H,16,17);4,12H,1,5-11H2,2-3H3;9H,3-8H2,1-2H3,(H,12,13);3H,1,4-5H2,2H3. The second-order valence-electron chi connectivity index (χ2n) is 14.4. The van der Waals surface area contributed by atoms with Gasteiger partial charge < -0.3 is 24.4 Å². The molecule has 316 valence electrons. The lowest BCUT2D eigenvalue weighted by Crippen LogP contribution is -2.06. The fourth-order valence-electron chi connectivity index (χ4n) is 4.81. The largest absolute Gasteiger partial charge is 0.478 e. The predicted octanol–water partition coefficient (Wildman–Crippen LogP) is 12.2. The molecule has 0 radical (unpaired) electrons. The van der Waals surface area contributed by atoms with Crippen LogP contribution in [-0.2, 0) is 33.4 Å². The minimum atomic E-state index is -0.858. The molecule has 0 amide bonds. The van der Waals surface area contributed by atoms with E-state index in [4.69, 9.17) is 14.9 Å². The molecule has 0 aliphatic carbocycles. The number of carboxylic acids is 2. The first-order valence-electron chi connectivity index (χ1n) is 20.6. The van der Waals surface area contributed by atoms with Crippen molar-refractivity contribution in [1.29, 1.82) is 0 Å². The van der Waals surface area contributed by atoms with Gasteiger partial charge in [0.2, 0.25) is 0 Å². The minimum absolute atomic E-state index is 0.293. The summed E-state index contributed by atoms with van der Waals surface area (Å²) in [4.78, 5) is 41.8. The number of aliphatic carboxylic acids is 2. The molecule has 0 heterocycles. The maximum absolute atomic E-state index is 10.7. The van der Waals surface area contributed by atoms with Crippen molar-refractivity contribution in [3.05, 3.63) is 49.6 Å². The van der Waals surface area contributed by atoms with Crippen molar-refractivity contribution < 1.29 is 43.6 Å². The molecule has 0 rings (SSSR count). The summed E-state index contributed by atoms with van der Waals surface area (Å²) in [6, 6.07) is 0. The zero-order chi connectivity index (χ0) is 41.8. The summed E-state index contributed by atoms with van der Waals surface area (Å²) in [5.41, 5.74) is 0.689. The van der Waals surface area contributed by atoms with Crippen LogP contribution in [0.25, 0.3) is 0 Å². The van der Waals surface area contributed by atoms with Crippen molar-refractivity contribution >= 4 is 23.9 Å². The third-order valence-corrected chi connectivity index (χ3v) is 8.23. The Morgan fingerprint density at radius 3 is 1.20 bits per heavy atom. The molecule has 54 heavy (non-hydrogen) atoms. The Kier molecular flexibility index (Phi) is 49.0. The first kappa shape index (κ1) is 57.5. The molecule has 0 aliphatic rings. The summed E-state index contributed by atoms with van der Waals surface area (Å²) in [6.45, 7) is 26.0. The number of carboxylic acid groups (broad SMARTS) is 2. The van der Waals surface area contributed by atoms with Gasteiger partial charge in [0.1, 0.15) is 6.61 Å². The SMILES string of the molecule is C=C(CCCCCC(C)C)C(=O)O.C=C(CCCCCCCCCCCC)C(=O)O.C=CC(=O)OCCCCCCCC(C)C.C=CC(=O)OCCOC. The van der Waals surface area contributed by atoms with E-state index in [0.29, 0.717) is 43.8 Å².